The Balaban J connectivity index is 2.75. The third-order valence-electron chi connectivity index (χ3n) is 1.70. The Morgan fingerprint density at radius 3 is 2.62 bits per heavy atom. The number of aliphatic hydroxyl groups is 1. The molecule has 0 bridgehead atoms. The molecule has 16 heavy (non-hydrogen) atoms. The number of H-pyrrole nitrogens is 1. The van der Waals surface area contributed by atoms with Crippen LogP contribution in [0, 0.1) is 0 Å². The first-order valence-electron chi connectivity index (χ1n) is 4.25. The molecule has 1 aromatic rings. The van der Waals surface area contributed by atoms with Crippen LogP contribution in [0.3, 0.4) is 0 Å². The van der Waals surface area contributed by atoms with Crippen molar-refractivity contribution in [2.24, 2.45) is 0 Å². The van der Waals surface area contributed by atoms with Gasteiger partial charge in [-0.2, -0.15) is 5.10 Å². The highest BCUT2D eigenvalue weighted by atomic mass is 16.4. The molecule has 1 atom stereocenters. The fraction of sp³-hybridized carbons (Fsp3) is 0.250. The normalized spacial score (nSPS) is 11.8. The van der Waals surface area contributed by atoms with Gasteiger partial charge in [0.15, 0.2) is 6.04 Å². The van der Waals surface area contributed by atoms with E-state index in [0.717, 1.165) is 12.1 Å². The number of carbonyl (C=O) groups is 2. The van der Waals surface area contributed by atoms with E-state index < -0.39 is 30.1 Å². The first-order chi connectivity index (χ1) is 7.54. The minimum atomic E-state index is -1.40. The lowest BCUT2D eigenvalue weighted by molar-refractivity contribution is -0.140. The fourth-order valence-corrected chi connectivity index (χ4v) is 0.889. The van der Waals surface area contributed by atoms with Gasteiger partial charge in [-0.15, -0.1) is 0 Å². The molecule has 0 aromatic carbocycles. The predicted molar refractivity (Wildman–Crippen MR) is 50.8 cm³/mol. The number of hydrogen-bond donors (Lipinski definition) is 4. The molecule has 1 heterocycles. The van der Waals surface area contributed by atoms with Crippen molar-refractivity contribution in [1.29, 1.82) is 0 Å². The molecule has 0 aliphatic rings. The van der Waals surface area contributed by atoms with E-state index in [-0.39, 0.29) is 5.69 Å². The summed E-state index contributed by atoms with van der Waals surface area (Å²) < 4.78 is 0. The number of hydrogen-bond acceptors (Lipinski definition) is 5. The van der Waals surface area contributed by atoms with Crippen LogP contribution in [0.4, 0.5) is 0 Å². The van der Waals surface area contributed by atoms with Crippen molar-refractivity contribution < 1.29 is 19.8 Å². The van der Waals surface area contributed by atoms with Crippen LogP contribution in [-0.2, 0) is 4.79 Å². The largest absolute Gasteiger partial charge is 0.480 e. The van der Waals surface area contributed by atoms with Crippen LogP contribution in [0.2, 0.25) is 0 Å². The maximum Gasteiger partial charge on any atom is 0.328 e. The Hall–Kier alpha value is -2.22. The monoisotopic (exact) mass is 227 g/mol. The Morgan fingerprint density at radius 2 is 2.19 bits per heavy atom. The summed E-state index contributed by atoms with van der Waals surface area (Å²) in [5.41, 5.74) is -0.618. The number of rotatable bonds is 4. The van der Waals surface area contributed by atoms with E-state index in [1.54, 1.807) is 0 Å². The summed E-state index contributed by atoms with van der Waals surface area (Å²) in [7, 11) is 0. The number of aliphatic carboxylic acids is 1. The summed E-state index contributed by atoms with van der Waals surface area (Å²) in [4.78, 5) is 32.5. The molecule has 1 unspecified atom stereocenters. The van der Waals surface area contributed by atoms with Gasteiger partial charge in [-0.1, -0.05) is 0 Å². The molecule has 1 amide bonds. The number of aromatic amines is 1. The summed E-state index contributed by atoms with van der Waals surface area (Å²) in [6, 6.07) is 0.822. The van der Waals surface area contributed by atoms with Gasteiger partial charge in [0.1, 0.15) is 5.69 Å². The molecule has 0 aliphatic heterocycles. The Morgan fingerprint density at radius 1 is 1.50 bits per heavy atom. The number of nitrogens with zero attached hydrogens (tertiary/aromatic N) is 1. The van der Waals surface area contributed by atoms with Crippen LogP contribution in [0.1, 0.15) is 10.5 Å². The highest BCUT2D eigenvalue weighted by Crippen LogP contribution is 1.91. The van der Waals surface area contributed by atoms with Crippen LogP contribution in [0.25, 0.3) is 0 Å². The summed E-state index contributed by atoms with van der Waals surface area (Å²) in [5.74, 6) is -2.15. The van der Waals surface area contributed by atoms with Crippen molar-refractivity contribution >= 4 is 11.9 Å². The average Bonchev–Trinajstić information content (AvgIpc) is 2.26. The highest BCUT2D eigenvalue weighted by molar-refractivity contribution is 5.94. The van der Waals surface area contributed by atoms with Crippen molar-refractivity contribution in [3.63, 3.8) is 0 Å². The van der Waals surface area contributed by atoms with Crippen LogP contribution in [-0.4, -0.2) is 44.9 Å². The van der Waals surface area contributed by atoms with Gasteiger partial charge >= 0.3 is 5.97 Å². The lowest BCUT2D eigenvalue weighted by atomic mass is 10.3. The third-order valence-corrected chi connectivity index (χ3v) is 1.70. The van der Waals surface area contributed by atoms with E-state index in [1.807, 2.05) is 10.4 Å². The molecule has 0 fully saturated rings. The maximum atomic E-state index is 11.4. The molecule has 4 N–H and O–H groups in total. The lowest BCUT2D eigenvalue weighted by Gasteiger charge is -2.10. The summed E-state index contributed by atoms with van der Waals surface area (Å²) in [6.45, 7) is -0.732. The van der Waals surface area contributed by atoms with Crippen LogP contribution in [0.15, 0.2) is 16.9 Å². The van der Waals surface area contributed by atoms with Crippen LogP contribution in [0.5, 0.6) is 0 Å². The van der Waals surface area contributed by atoms with E-state index >= 15 is 0 Å². The van der Waals surface area contributed by atoms with E-state index in [9.17, 15) is 14.4 Å². The zero-order valence-electron chi connectivity index (χ0n) is 8.01. The number of carboxylic acids is 1. The van der Waals surface area contributed by atoms with Crippen molar-refractivity contribution in [2.45, 2.75) is 6.04 Å². The molecule has 8 nitrogen and oxygen atoms in total. The Bertz CT molecular complexity index is 435. The molecule has 0 saturated carbocycles. The summed E-state index contributed by atoms with van der Waals surface area (Å²) in [5, 5.41) is 24.7. The van der Waals surface area contributed by atoms with E-state index in [2.05, 4.69) is 5.10 Å². The fourth-order valence-electron chi connectivity index (χ4n) is 0.889. The van der Waals surface area contributed by atoms with Crippen molar-refractivity contribution in [3.8, 4) is 0 Å². The molecule has 0 radical (unpaired) electrons. The molecular weight excluding hydrogens is 218 g/mol. The Kier molecular flexibility index (Phi) is 3.72. The highest BCUT2D eigenvalue weighted by Gasteiger charge is 2.20. The third kappa shape index (κ3) is 2.89. The molecule has 8 heteroatoms. The Labute approximate surface area is 88.9 Å². The smallest absolute Gasteiger partial charge is 0.328 e. The van der Waals surface area contributed by atoms with Gasteiger partial charge in [0, 0.05) is 6.07 Å². The molecule has 0 aliphatic carbocycles. The number of carbonyl (C=O) groups excluding carboxylic acids is 1. The summed E-state index contributed by atoms with van der Waals surface area (Å²) >= 11 is 0. The number of nitrogens with one attached hydrogen (secondary N) is 2. The quantitative estimate of drug-likeness (QED) is 0.467. The number of carboxylic acid groups (broad SMARTS) is 1. The van der Waals surface area contributed by atoms with Gasteiger partial charge in [0.2, 0.25) is 0 Å². The zero-order chi connectivity index (χ0) is 12.1. The van der Waals surface area contributed by atoms with Gasteiger partial charge in [-0.05, 0) is 6.07 Å². The minimum Gasteiger partial charge on any atom is -0.480 e. The van der Waals surface area contributed by atoms with Crippen molar-refractivity contribution in [2.75, 3.05) is 6.61 Å². The average molecular weight is 227 g/mol. The van der Waals surface area contributed by atoms with Gasteiger partial charge in [0.05, 0.1) is 6.61 Å². The van der Waals surface area contributed by atoms with Gasteiger partial charge in [-0.3, -0.25) is 9.59 Å². The molecule has 0 spiro atoms. The molecular formula is C8H9N3O5. The SMILES string of the molecule is O=C(NC(CO)C(=O)O)c1ccc(=O)[nH]n1. The predicted octanol–water partition coefficient (Wildman–Crippen LogP) is -2.05. The minimum absolute atomic E-state index is 0.140. The van der Waals surface area contributed by atoms with Gasteiger partial charge < -0.3 is 15.5 Å². The number of aromatic nitrogens is 2. The van der Waals surface area contributed by atoms with Crippen LogP contribution < -0.4 is 10.9 Å². The van der Waals surface area contributed by atoms with Crippen LogP contribution >= 0.6 is 0 Å². The standard InChI is InChI=1S/C8H9N3O5/c12-3-5(8(15)16)9-7(14)4-1-2-6(13)11-10-4/h1-2,5,12H,3H2,(H,9,14)(H,11,13)(H,15,16). The van der Waals surface area contributed by atoms with E-state index in [4.69, 9.17) is 10.2 Å². The molecule has 1 rings (SSSR count). The molecule has 86 valence electrons. The molecule has 1 aromatic heterocycles. The van der Waals surface area contributed by atoms with Gasteiger partial charge in [-0.25, -0.2) is 9.89 Å². The zero-order valence-corrected chi connectivity index (χ0v) is 8.01. The van der Waals surface area contributed by atoms with Gasteiger partial charge in [0.25, 0.3) is 11.5 Å². The number of aliphatic hydroxyl groups excluding tert-OH is 1. The van der Waals surface area contributed by atoms with E-state index in [1.165, 1.54) is 0 Å². The lowest BCUT2D eigenvalue weighted by Crippen LogP contribution is -2.43. The van der Waals surface area contributed by atoms with E-state index in [0.29, 0.717) is 0 Å². The summed E-state index contributed by atoms with van der Waals surface area (Å²) in [6.07, 6.45) is 0. The first-order valence-corrected chi connectivity index (χ1v) is 4.25. The second kappa shape index (κ2) is 5.03. The molecule has 0 saturated heterocycles. The van der Waals surface area contributed by atoms with Crippen molar-refractivity contribution in [1.82, 2.24) is 15.5 Å². The second-order valence-corrected chi connectivity index (χ2v) is 2.85. The second-order valence-electron chi connectivity index (χ2n) is 2.85. The van der Waals surface area contributed by atoms with Crippen molar-refractivity contribution in [3.05, 3.63) is 28.2 Å². The number of amides is 1. The first kappa shape index (κ1) is 11.9. The topological polar surface area (TPSA) is 132 Å². The maximum absolute atomic E-state index is 11.4.